The summed E-state index contributed by atoms with van der Waals surface area (Å²) in [4.78, 5) is 29.6. The Morgan fingerprint density at radius 1 is 0.400 bits per heavy atom. The fourth-order valence-corrected chi connectivity index (χ4v) is 1.52. The third-order valence-corrected chi connectivity index (χ3v) is 2.67. The molecule has 0 fully saturated rings. The smallest absolute Gasteiger partial charge is 0.376 e. The Kier molecular flexibility index (Phi) is 13.4. The summed E-state index contributed by atoms with van der Waals surface area (Å²) < 4.78 is 0. The summed E-state index contributed by atoms with van der Waals surface area (Å²) in [6, 6.07) is 26.7. The zero-order valence-electron chi connectivity index (χ0n) is 13.4. The monoisotopic (exact) mass is 363 g/mol. The summed E-state index contributed by atoms with van der Waals surface area (Å²) in [6.45, 7) is 0. The minimum Gasteiger partial charge on any atom is -0.376 e. The molecular weight excluding hydrogens is 348 g/mol. The molecule has 0 saturated heterocycles. The third-order valence-electron chi connectivity index (χ3n) is 2.67. The number of hydrogen-bond acceptors (Lipinski definition) is 3. The molecule has 0 unspecified atom stereocenters. The van der Waals surface area contributed by atoms with E-state index in [0.717, 1.165) is 0 Å². The van der Waals surface area contributed by atoms with E-state index in [1.807, 2.05) is 18.2 Å². The van der Waals surface area contributed by atoms with Crippen LogP contribution in [0.1, 0.15) is 16.7 Å². The van der Waals surface area contributed by atoms with Crippen LogP contribution in [-0.2, 0) is 36.1 Å². The van der Waals surface area contributed by atoms with E-state index in [9.17, 15) is 14.4 Å². The average Bonchev–Trinajstić information content (AvgIpc) is 2.71. The van der Waals surface area contributed by atoms with Crippen molar-refractivity contribution >= 4 is 18.9 Å². The van der Waals surface area contributed by atoms with Crippen molar-refractivity contribution in [1.82, 2.24) is 0 Å². The Hall–Kier alpha value is -2.62. The van der Waals surface area contributed by atoms with Crippen molar-refractivity contribution in [3.8, 4) is 0 Å². The molecule has 0 heterocycles. The molecule has 3 rings (SSSR count). The summed E-state index contributed by atoms with van der Waals surface area (Å²) in [6.07, 6.45) is 5.33. The second-order valence-electron chi connectivity index (χ2n) is 4.40. The van der Waals surface area contributed by atoms with Gasteiger partial charge in [0.05, 0.1) is 18.9 Å². The SMILES string of the molecule is O=[C-]c1ccccc1.O=[C-]c1ccccc1.O=[C-]c1ccccc1.[Ti+3]. The summed E-state index contributed by atoms with van der Waals surface area (Å²) in [5.41, 5.74) is 1.81. The van der Waals surface area contributed by atoms with Gasteiger partial charge in [-0.3, -0.25) is 0 Å². The summed E-state index contributed by atoms with van der Waals surface area (Å²) in [5, 5.41) is 0. The van der Waals surface area contributed by atoms with Gasteiger partial charge in [0.1, 0.15) is 0 Å². The topological polar surface area (TPSA) is 51.2 Å². The molecule has 4 heteroatoms. The van der Waals surface area contributed by atoms with Gasteiger partial charge in [-0.15, -0.1) is 36.4 Å². The van der Waals surface area contributed by atoms with Crippen LogP contribution >= 0.6 is 0 Å². The molecule has 25 heavy (non-hydrogen) atoms. The molecule has 3 aromatic rings. The molecule has 0 aliphatic heterocycles. The van der Waals surface area contributed by atoms with Gasteiger partial charge in [-0.25, -0.2) is 0 Å². The number of rotatable bonds is 3. The van der Waals surface area contributed by atoms with E-state index in [1.54, 1.807) is 91.7 Å². The van der Waals surface area contributed by atoms with Gasteiger partial charge < -0.3 is 14.4 Å². The second kappa shape index (κ2) is 14.9. The Bertz CT molecular complexity index is 610. The minimum absolute atomic E-state index is 0. The largest absolute Gasteiger partial charge is 3.00 e. The maximum atomic E-state index is 9.88. The molecule has 3 nitrogen and oxygen atoms in total. The maximum Gasteiger partial charge on any atom is 3.00 e. The quantitative estimate of drug-likeness (QED) is 0.529. The van der Waals surface area contributed by atoms with Gasteiger partial charge in [-0.2, -0.15) is 53.1 Å². The minimum atomic E-state index is 0. The van der Waals surface area contributed by atoms with Gasteiger partial charge in [-0.05, 0) is 0 Å². The van der Waals surface area contributed by atoms with Crippen molar-refractivity contribution in [3.63, 3.8) is 0 Å². The van der Waals surface area contributed by atoms with Gasteiger partial charge in [0.2, 0.25) is 0 Å². The van der Waals surface area contributed by atoms with Crippen molar-refractivity contribution < 1.29 is 36.1 Å². The van der Waals surface area contributed by atoms with Gasteiger partial charge >= 0.3 is 21.7 Å². The molecule has 0 aliphatic carbocycles. The first kappa shape index (κ1) is 22.4. The van der Waals surface area contributed by atoms with E-state index in [-0.39, 0.29) is 21.7 Å². The van der Waals surface area contributed by atoms with Crippen molar-refractivity contribution in [2.75, 3.05) is 0 Å². The van der Waals surface area contributed by atoms with E-state index < -0.39 is 0 Å². The first-order chi connectivity index (χ1) is 11.8. The fourth-order valence-electron chi connectivity index (χ4n) is 1.52. The van der Waals surface area contributed by atoms with Crippen molar-refractivity contribution in [3.05, 3.63) is 108 Å². The molecule has 3 aromatic carbocycles. The first-order valence-electron chi connectivity index (χ1n) is 7.09. The molecule has 0 atom stereocenters. The Labute approximate surface area is 162 Å². The van der Waals surface area contributed by atoms with E-state index in [0.29, 0.717) is 16.7 Å². The standard InChI is InChI=1S/3C7H5O.Ti/c3*8-6-7-4-2-1-3-5-7;/h3*1-5H;/q3*-1;+3. The third kappa shape index (κ3) is 10.7. The van der Waals surface area contributed by atoms with E-state index in [4.69, 9.17) is 0 Å². The summed E-state index contributed by atoms with van der Waals surface area (Å²) in [7, 11) is 0. The van der Waals surface area contributed by atoms with Crippen LogP contribution in [0.4, 0.5) is 0 Å². The van der Waals surface area contributed by atoms with Crippen LogP contribution in [0.25, 0.3) is 0 Å². The Balaban J connectivity index is 0.000000339. The molecule has 0 amide bonds. The van der Waals surface area contributed by atoms with E-state index >= 15 is 0 Å². The maximum absolute atomic E-state index is 9.88. The van der Waals surface area contributed by atoms with Crippen molar-refractivity contribution in [1.29, 1.82) is 0 Å². The predicted octanol–water partition coefficient (Wildman–Crippen LogP) is 3.43. The molecule has 0 aliphatic rings. The van der Waals surface area contributed by atoms with Gasteiger partial charge in [0.15, 0.2) is 0 Å². The molecule has 121 valence electrons. The summed E-state index contributed by atoms with van der Waals surface area (Å²) in [5.74, 6) is 0. The zero-order chi connectivity index (χ0) is 17.5. The summed E-state index contributed by atoms with van der Waals surface area (Å²) >= 11 is 0. The van der Waals surface area contributed by atoms with Crippen LogP contribution in [0.15, 0.2) is 91.0 Å². The number of benzene rings is 3. The van der Waals surface area contributed by atoms with Gasteiger partial charge in [0, 0.05) is 0 Å². The van der Waals surface area contributed by atoms with Crippen molar-refractivity contribution in [2.24, 2.45) is 0 Å². The molecule has 0 N–H and O–H groups in total. The van der Waals surface area contributed by atoms with Crippen LogP contribution in [0.5, 0.6) is 0 Å². The Morgan fingerprint density at radius 2 is 0.600 bits per heavy atom. The average molecular weight is 363 g/mol. The zero-order valence-corrected chi connectivity index (χ0v) is 14.9. The second-order valence-corrected chi connectivity index (χ2v) is 4.40. The van der Waals surface area contributed by atoms with Crippen LogP contribution in [0, 0.1) is 0 Å². The van der Waals surface area contributed by atoms with Crippen molar-refractivity contribution in [2.45, 2.75) is 0 Å². The van der Waals surface area contributed by atoms with Crippen LogP contribution in [0.3, 0.4) is 0 Å². The normalized spacial score (nSPS) is 8.16. The van der Waals surface area contributed by atoms with Crippen LogP contribution < -0.4 is 0 Å². The van der Waals surface area contributed by atoms with E-state index in [1.165, 1.54) is 0 Å². The fraction of sp³-hybridized carbons (Fsp3) is 0. The Morgan fingerprint density at radius 3 is 0.720 bits per heavy atom. The number of hydrogen-bond donors (Lipinski definition) is 0. The molecule has 0 bridgehead atoms. The van der Waals surface area contributed by atoms with E-state index in [2.05, 4.69) is 0 Å². The number of carbonyl (C=O) groups excluding carboxylic acids is 3. The molecule has 0 saturated carbocycles. The molecule has 1 radical (unpaired) electrons. The molecule has 0 spiro atoms. The molecular formula is C21H15O3Ti. The predicted molar refractivity (Wildman–Crippen MR) is 93.7 cm³/mol. The molecule has 0 aromatic heterocycles. The van der Waals surface area contributed by atoms with Crippen LogP contribution in [0.2, 0.25) is 0 Å². The van der Waals surface area contributed by atoms with Gasteiger partial charge in [0.25, 0.3) is 0 Å². The first-order valence-corrected chi connectivity index (χ1v) is 7.09. The van der Waals surface area contributed by atoms with Gasteiger partial charge in [-0.1, -0.05) is 18.2 Å². The van der Waals surface area contributed by atoms with Crippen LogP contribution in [-0.4, -0.2) is 18.9 Å².